The van der Waals surface area contributed by atoms with Crippen LogP contribution in [0.5, 0.6) is 0 Å². The third kappa shape index (κ3) is 4.05. The predicted molar refractivity (Wildman–Crippen MR) is 120 cm³/mol. The number of nitrogens with zero attached hydrogens (tertiary/aromatic N) is 6. The summed E-state index contributed by atoms with van der Waals surface area (Å²) in [4.78, 5) is 24.0. The molecule has 0 saturated carbocycles. The molecule has 0 bridgehead atoms. The molecule has 0 radical (unpaired) electrons. The van der Waals surface area contributed by atoms with Crippen LogP contribution in [0.25, 0.3) is 16.6 Å². The molecule has 0 spiro atoms. The molecule has 0 unspecified atom stereocenters. The van der Waals surface area contributed by atoms with Gasteiger partial charge in [-0.1, -0.05) is 5.16 Å². The third-order valence-electron chi connectivity index (χ3n) is 6.15. The zero-order valence-corrected chi connectivity index (χ0v) is 18.5. The smallest absolute Gasteiger partial charge is 0.139 e. The first kappa shape index (κ1) is 20.5. The second-order valence-corrected chi connectivity index (χ2v) is 8.82. The maximum atomic E-state index is 12.9. The van der Waals surface area contributed by atoms with Crippen molar-refractivity contribution in [3.05, 3.63) is 65.7 Å². The molecule has 1 aliphatic rings. The van der Waals surface area contributed by atoms with E-state index in [-0.39, 0.29) is 17.6 Å². The third-order valence-corrected chi connectivity index (χ3v) is 6.15. The molecule has 164 valence electrons. The van der Waals surface area contributed by atoms with Crippen LogP contribution in [0.1, 0.15) is 35.2 Å². The summed E-state index contributed by atoms with van der Waals surface area (Å²) in [5, 5.41) is 9.68. The maximum Gasteiger partial charge on any atom is 0.139 e. The van der Waals surface area contributed by atoms with Crippen molar-refractivity contribution in [3.63, 3.8) is 0 Å². The predicted octanol–water partition coefficient (Wildman–Crippen LogP) is 3.27. The topological polar surface area (TPSA) is 89.9 Å². The van der Waals surface area contributed by atoms with Gasteiger partial charge < -0.3 is 9.42 Å². The summed E-state index contributed by atoms with van der Waals surface area (Å²) in [6.07, 6.45) is 6.21. The van der Waals surface area contributed by atoms with Crippen LogP contribution in [-0.2, 0) is 11.2 Å². The highest BCUT2D eigenvalue weighted by atomic mass is 16.5. The lowest BCUT2D eigenvalue weighted by molar-refractivity contribution is -0.119. The normalized spacial score (nSPS) is 19.1. The van der Waals surface area contributed by atoms with Crippen molar-refractivity contribution in [1.29, 1.82) is 0 Å². The van der Waals surface area contributed by atoms with Gasteiger partial charge in [-0.2, -0.15) is 5.10 Å². The number of carbonyl (C=O) groups excluding carboxylic acids is 1. The number of likely N-dealkylation sites (N-methyl/N-ethyl adjacent to an activating group) is 1. The van der Waals surface area contributed by atoms with Gasteiger partial charge in [0.15, 0.2) is 0 Å². The Morgan fingerprint density at radius 1 is 1.16 bits per heavy atom. The highest BCUT2D eigenvalue weighted by Gasteiger charge is 2.35. The molecular formula is C24H26N6O2. The van der Waals surface area contributed by atoms with Gasteiger partial charge in [0.2, 0.25) is 0 Å². The van der Waals surface area contributed by atoms with Crippen LogP contribution in [0.2, 0.25) is 0 Å². The molecule has 4 aromatic rings. The first-order valence-corrected chi connectivity index (χ1v) is 10.9. The highest BCUT2D eigenvalue weighted by molar-refractivity contribution is 5.84. The van der Waals surface area contributed by atoms with E-state index in [1.807, 2.05) is 49.0 Å². The summed E-state index contributed by atoms with van der Waals surface area (Å²) < 4.78 is 7.12. The van der Waals surface area contributed by atoms with Gasteiger partial charge in [0.25, 0.3) is 0 Å². The lowest BCUT2D eigenvalue weighted by Gasteiger charge is -2.15. The molecular weight excluding hydrogens is 404 g/mol. The molecule has 8 nitrogen and oxygen atoms in total. The summed E-state index contributed by atoms with van der Waals surface area (Å²) >= 11 is 0. The number of fused-ring (bicyclic) bond motifs is 1. The second-order valence-electron chi connectivity index (χ2n) is 8.82. The van der Waals surface area contributed by atoms with Gasteiger partial charge in [-0.05, 0) is 45.0 Å². The minimum Gasteiger partial charge on any atom is -0.361 e. The Balaban J connectivity index is 1.30. The molecule has 1 aliphatic heterocycles. The fourth-order valence-electron chi connectivity index (χ4n) is 4.69. The molecule has 4 aromatic heterocycles. The molecule has 0 aromatic carbocycles. The van der Waals surface area contributed by atoms with Crippen molar-refractivity contribution in [1.82, 2.24) is 29.8 Å². The lowest BCUT2D eigenvalue weighted by atomic mass is 9.88. The zero-order valence-electron chi connectivity index (χ0n) is 18.5. The average Bonchev–Trinajstić information content (AvgIpc) is 3.46. The van der Waals surface area contributed by atoms with E-state index in [1.165, 1.54) is 0 Å². The van der Waals surface area contributed by atoms with E-state index in [0.717, 1.165) is 52.5 Å². The molecule has 8 heteroatoms. The molecule has 0 amide bonds. The van der Waals surface area contributed by atoms with Crippen molar-refractivity contribution < 1.29 is 9.32 Å². The SMILES string of the molecule is Cc1cc(-n2ncc3cc(CC(=O)C[C@H]4CN(C)C[C@@H]4c4cc(C)on4)ncc32)ccn1. The molecule has 5 rings (SSSR count). The van der Waals surface area contributed by atoms with Gasteiger partial charge in [-0.3, -0.25) is 14.8 Å². The van der Waals surface area contributed by atoms with Crippen molar-refractivity contribution in [2.24, 2.45) is 5.92 Å². The number of carbonyl (C=O) groups is 1. The minimum absolute atomic E-state index is 0.194. The summed E-state index contributed by atoms with van der Waals surface area (Å²) in [7, 11) is 2.09. The Hall–Kier alpha value is -3.39. The average molecular weight is 431 g/mol. The van der Waals surface area contributed by atoms with E-state index in [1.54, 1.807) is 12.4 Å². The molecule has 0 aliphatic carbocycles. The first-order valence-electron chi connectivity index (χ1n) is 10.9. The Bertz CT molecular complexity index is 1280. The Morgan fingerprint density at radius 3 is 2.81 bits per heavy atom. The summed E-state index contributed by atoms with van der Waals surface area (Å²) in [5.74, 6) is 1.46. The Morgan fingerprint density at radius 2 is 2.03 bits per heavy atom. The fourth-order valence-corrected chi connectivity index (χ4v) is 4.69. The van der Waals surface area contributed by atoms with Crippen LogP contribution in [-0.4, -0.2) is 55.7 Å². The van der Waals surface area contributed by atoms with Crippen LogP contribution in [0.4, 0.5) is 0 Å². The van der Waals surface area contributed by atoms with Crippen LogP contribution >= 0.6 is 0 Å². The van der Waals surface area contributed by atoms with Gasteiger partial charge >= 0.3 is 0 Å². The highest BCUT2D eigenvalue weighted by Crippen LogP contribution is 2.34. The largest absolute Gasteiger partial charge is 0.361 e. The van der Waals surface area contributed by atoms with Crippen LogP contribution in [0, 0.1) is 19.8 Å². The number of pyridine rings is 2. The maximum absolute atomic E-state index is 12.9. The van der Waals surface area contributed by atoms with Gasteiger partial charge in [0.1, 0.15) is 11.5 Å². The molecule has 1 fully saturated rings. The number of hydrogen-bond acceptors (Lipinski definition) is 7. The molecule has 0 N–H and O–H groups in total. The van der Waals surface area contributed by atoms with Crippen molar-refractivity contribution in [2.75, 3.05) is 20.1 Å². The summed E-state index contributed by atoms with van der Waals surface area (Å²) in [6.45, 7) is 5.62. The number of ketones is 1. The van der Waals surface area contributed by atoms with Gasteiger partial charge in [-0.25, -0.2) is 4.68 Å². The van der Waals surface area contributed by atoms with Crippen LogP contribution < -0.4 is 0 Å². The number of aryl methyl sites for hydroxylation is 2. The van der Waals surface area contributed by atoms with Gasteiger partial charge in [0, 0.05) is 60.9 Å². The quantitative estimate of drug-likeness (QED) is 0.464. The van der Waals surface area contributed by atoms with E-state index in [9.17, 15) is 4.79 Å². The number of aromatic nitrogens is 5. The standard InChI is InChI=1S/C24H26N6O2/c1-15-6-20(4-5-25-15)30-24-12-26-19(8-17(24)11-27-30)10-21(31)9-18-13-29(3)14-22(18)23-7-16(2)32-28-23/h4-8,11-12,18,22H,9-10,13-14H2,1-3H3/t18-,22-/m0/s1. The Kier molecular flexibility index (Phi) is 5.30. The summed E-state index contributed by atoms with van der Waals surface area (Å²) in [6, 6.07) is 7.85. The molecule has 32 heavy (non-hydrogen) atoms. The summed E-state index contributed by atoms with van der Waals surface area (Å²) in [5.41, 5.74) is 4.50. The minimum atomic E-state index is 0.194. The first-order chi connectivity index (χ1) is 15.5. The fraction of sp³-hybridized carbons (Fsp3) is 0.375. The zero-order chi connectivity index (χ0) is 22.2. The lowest BCUT2D eigenvalue weighted by Crippen LogP contribution is -2.18. The van der Waals surface area contributed by atoms with E-state index >= 15 is 0 Å². The van der Waals surface area contributed by atoms with E-state index in [2.05, 4.69) is 32.2 Å². The molecule has 2 atom stereocenters. The van der Waals surface area contributed by atoms with E-state index < -0.39 is 0 Å². The van der Waals surface area contributed by atoms with Crippen molar-refractivity contribution in [3.8, 4) is 5.69 Å². The van der Waals surface area contributed by atoms with Crippen LogP contribution in [0.15, 0.2) is 47.4 Å². The van der Waals surface area contributed by atoms with Crippen molar-refractivity contribution in [2.45, 2.75) is 32.6 Å². The van der Waals surface area contributed by atoms with Gasteiger partial charge in [0.05, 0.1) is 29.3 Å². The van der Waals surface area contributed by atoms with Crippen molar-refractivity contribution >= 4 is 16.7 Å². The number of hydrogen-bond donors (Lipinski definition) is 0. The van der Waals surface area contributed by atoms with Gasteiger partial charge in [-0.15, -0.1) is 0 Å². The second kappa shape index (κ2) is 8.27. The monoisotopic (exact) mass is 430 g/mol. The number of rotatable bonds is 6. The number of Topliss-reactive ketones (excluding diaryl/α,β-unsaturated/α-hetero) is 1. The molecule has 1 saturated heterocycles. The van der Waals surface area contributed by atoms with E-state index in [4.69, 9.17) is 4.52 Å². The molecule has 5 heterocycles. The number of likely N-dealkylation sites (tertiary alicyclic amines) is 1. The van der Waals surface area contributed by atoms with Crippen LogP contribution in [0.3, 0.4) is 0 Å². The van der Waals surface area contributed by atoms with E-state index in [0.29, 0.717) is 12.8 Å². The Labute approximate surface area is 186 Å².